The molecular weight excluding hydrogens is 262 g/mol. The number of benzene rings is 1. The van der Waals surface area contributed by atoms with Crippen molar-refractivity contribution in [1.29, 1.82) is 0 Å². The molecule has 0 spiro atoms. The molecule has 0 saturated carbocycles. The molecule has 1 saturated heterocycles. The summed E-state index contributed by atoms with van der Waals surface area (Å²) in [6.45, 7) is 11.0. The molecule has 2 rings (SSSR count). The Morgan fingerprint density at radius 1 is 1.29 bits per heavy atom. The van der Waals surface area contributed by atoms with E-state index in [0.717, 1.165) is 35.8 Å². The van der Waals surface area contributed by atoms with Crippen molar-refractivity contribution in [2.24, 2.45) is 22.2 Å². The second-order valence-electron chi connectivity index (χ2n) is 7.13. The van der Waals surface area contributed by atoms with Gasteiger partial charge in [0.15, 0.2) is 5.84 Å². The first-order valence-electron chi connectivity index (χ1n) is 7.66. The van der Waals surface area contributed by atoms with Crippen LogP contribution in [0.5, 0.6) is 0 Å². The minimum absolute atomic E-state index is 0.187. The molecule has 1 aliphatic heterocycles. The second-order valence-corrected chi connectivity index (χ2v) is 7.13. The maximum atomic E-state index is 9.00. The summed E-state index contributed by atoms with van der Waals surface area (Å²) in [4.78, 5) is 2.36. The number of nitrogens with zero attached hydrogens (tertiary/aromatic N) is 2. The van der Waals surface area contributed by atoms with Crippen molar-refractivity contribution >= 4 is 11.5 Å². The third-order valence-electron chi connectivity index (χ3n) is 4.60. The molecule has 3 N–H and O–H groups in total. The van der Waals surface area contributed by atoms with Crippen LogP contribution >= 0.6 is 0 Å². The van der Waals surface area contributed by atoms with Crippen LogP contribution in [0.4, 0.5) is 5.69 Å². The fourth-order valence-corrected chi connectivity index (χ4v) is 3.17. The number of nitrogens with two attached hydrogens (primary N) is 1. The van der Waals surface area contributed by atoms with Gasteiger partial charge in [0.2, 0.25) is 0 Å². The summed E-state index contributed by atoms with van der Waals surface area (Å²) in [6, 6.07) is 6.15. The highest BCUT2D eigenvalue weighted by Gasteiger charge is 2.29. The zero-order valence-corrected chi connectivity index (χ0v) is 13.6. The van der Waals surface area contributed by atoms with Gasteiger partial charge in [-0.1, -0.05) is 37.6 Å². The molecular formula is C17H27N3O. The molecule has 4 heteroatoms. The van der Waals surface area contributed by atoms with Crippen LogP contribution in [0.15, 0.2) is 23.4 Å². The lowest BCUT2D eigenvalue weighted by Crippen LogP contribution is -2.39. The molecule has 0 radical (unpaired) electrons. The predicted octanol–water partition coefficient (Wildman–Crippen LogP) is 3.35. The smallest absolute Gasteiger partial charge is 0.172 e. The lowest BCUT2D eigenvalue weighted by molar-refractivity contribution is 0.199. The maximum absolute atomic E-state index is 9.00. The Kier molecular flexibility index (Phi) is 4.45. The highest BCUT2D eigenvalue weighted by atomic mass is 16.4. The van der Waals surface area contributed by atoms with Gasteiger partial charge in [0.25, 0.3) is 0 Å². The number of oxime groups is 1. The molecule has 1 aliphatic rings. The van der Waals surface area contributed by atoms with Crippen molar-refractivity contribution < 1.29 is 5.21 Å². The first-order valence-corrected chi connectivity index (χ1v) is 7.66. The first-order chi connectivity index (χ1) is 9.82. The average Bonchev–Trinajstić information content (AvgIpc) is 2.45. The number of amidine groups is 1. The van der Waals surface area contributed by atoms with Crippen LogP contribution in [0, 0.1) is 18.3 Å². The van der Waals surface area contributed by atoms with Crippen LogP contribution in [-0.2, 0) is 0 Å². The number of piperidine rings is 1. The summed E-state index contributed by atoms with van der Waals surface area (Å²) in [5, 5.41) is 12.2. The van der Waals surface area contributed by atoms with E-state index in [1.165, 1.54) is 12.8 Å². The van der Waals surface area contributed by atoms with E-state index in [2.05, 4.69) is 43.0 Å². The third kappa shape index (κ3) is 3.49. The largest absolute Gasteiger partial charge is 0.409 e. The Morgan fingerprint density at radius 3 is 2.43 bits per heavy atom. The van der Waals surface area contributed by atoms with Crippen molar-refractivity contribution in [3.63, 3.8) is 0 Å². The van der Waals surface area contributed by atoms with Crippen LogP contribution in [0.2, 0.25) is 0 Å². The van der Waals surface area contributed by atoms with E-state index in [1.54, 1.807) is 0 Å². The molecule has 1 aromatic carbocycles. The molecule has 0 atom stereocenters. The standard InChI is InChI=1S/C17H27N3O/c1-12-5-6-15(14(11-12)16(18)19-21)20-9-7-13(8-10-20)17(2,3)4/h5-6,11,13,21H,7-10H2,1-4H3,(H2,18,19). The van der Waals surface area contributed by atoms with Crippen molar-refractivity contribution in [1.82, 2.24) is 0 Å². The average molecular weight is 289 g/mol. The van der Waals surface area contributed by atoms with Crippen LogP contribution in [0.25, 0.3) is 0 Å². The molecule has 1 aromatic rings. The molecule has 0 amide bonds. The highest BCUT2D eigenvalue weighted by molar-refractivity contribution is 6.02. The van der Waals surface area contributed by atoms with Gasteiger partial charge in [-0.25, -0.2) is 0 Å². The van der Waals surface area contributed by atoms with E-state index in [0.29, 0.717) is 5.41 Å². The second kappa shape index (κ2) is 5.96. The number of hydrogen-bond acceptors (Lipinski definition) is 3. The van der Waals surface area contributed by atoms with E-state index < -0.39 is 0 Å². The summed E-state index contributed by atoms with van der Waals surface area (Å²) in [5.74, 6) is 0.943. The van der Waals surface area contributed by atoms with Crippen molar-refractivity contribution in [2.75, 3.05) is 18.0 Å². The summed E-state index contributed by atoms with van der Waals surface area (Å²) in [6.07, 6.45) is 2.37. The quantitative estimate of drug-likeness (QED) is 0.380. The van der Waals surface area contributed by atoms with E-state index in [4.69, 9.17) is 10.9 Å². The zero-order chi connectivity index (χ0) is 15.6. The van der Waals surface area contributed by atoms with Crippen LogP contribution in [0.3, 0.4) is 0 Å². The van der Waals surface area contributed by atoms with E-state index in [-0.39, 0.29) is 5.84 Å². The lowest BCUT2D eigenvalue weighted by atomic mass is 9.75. The highest BCUT2D eigenvalue weighted by Crippen LogP contribution is 2.36. The monoisotopic (exact) mass is 289 g/mol. The van der Waals surface area contributed by atoms with Crippen LogP contribution in [-0.4, -0.2) is 24.1 Å². The van der Waals surface area contributed by atoms with Gasteiger partial charge in [-0.15, -0.1) is 0 Å². The SMILES string of the molecule is Cc1ccc(N2CCC(C(C)(C)C)CC2)c(/C(N)=N/O)c1. The van der Waals surface area contributed by atoms with Gasteiger partial charge in [0.1, 0.15) is 0 Å². The molecule has 1 fully saturated rings. The minimum Gasteiger partial charge on any atom is -0.409 e. The molecule has 4 nitrogen and oxygen atoms in total. The predicted molar refractivity (Wildman–Crippen MR) is 88.1 cm³/mol. The molecule has 116 valence electrons. The number of aryl methyl sites for hydroxylation is 1. The van der Waals surface area contributed by atoms with Gasteiger partial charge in [-0.2, -0.15) is 0 Å². The summed E-state index contributed by atoms with van der Waals surface area (Å²) in [7, 11) is 0. The fraction of sp³-hybridized carbons (Fsp3) is 0.588. The Bertz CT molecular complexity index is 523. The summed E-state index contributed by atoms with van der Waals surface area (Å²) >= 11 is 0. The summed E-state index contributed by atoms with van der Waals surface area (Å²) in [5.41, 5.74) is 9.22. The molecule has 0 unspecified atom stereocenters. The fourth-order valence-electron chi connectivity index (χ4n) is 3.17. The number of anilines is 1. The maximum Gasteiger partial charge on any atom is 0.172 e. The molecule has 21 heavy (non-hydrogen) atoms. The van der Waals surface area contributed by atoms with Crippen molar-refractivity contribution in [3.8, 4) is 0 Å². The van der Waals surface area contributed by atoms with Gasteiger partial charge in [0, 0.05) is 24.3 Å². The van der Waals surface area contributed by atoms with Gasteiger partial charge >= 0.3 is 0 Å². The third-order valence-corrected chi connectivity index (χ3v) is 4.60. The number of rotatable bonds is 2. The van der Waals surface area contributed by atoms with E-state index >= 15 is 0 Å². The van der Waals surface area contributed by atoms with Crippen LogP contribution in [0.1, 0.15) is 44.7 Å². The Balaban J connectivity index is 2.21. The van der Waals surface area contributed by atoms with Gasteiger partial charge in [-0.05, 0) is 43.2 Å². The molecule has 1 heterocycles. The van der Waals surface area contributed by atoms with Crippen molar-refractivity contribution in [2.45, 2.75) is 40.5 Å². The van der Waals surface area contributed by atoms with Gasteiger partial charge in [-0.3, -0.25) is 0 Å². The minimum atomic E-state index is 0.187. The molecule has 0 bridgehead atoms. The van der Waals surface area contributed by atoms with Crippen molar-refractivity contribution in [3.05, 3.63) is 29.3 Å². The summed E-state index contributed by atoms with van der Waals surface area (Å²) < 4.78 is 0. The Hall–Kier alpha value is -1.71. The zero-order valence-electron chi connectivity index (χ0n) is 13.6. The van der Waals surface area contributed by atoms with E-state index in [1.807, 2.05) is 13.0 Å². The number of hydrogen-bond donors (Lipinski definition) is 2. The van der Waals surface area contributed by atoms with Gasteiger partial charge < -0.3 is 15.8 Å². The normalized spacial score (nSPS) is 18.1. The molecule has 0 aliphatic carbocycles. The lowest BCUT2D eigenvalue weighted by Gasteiger charge is -2.40. The van der Waals surface area contributed by atoms with Crippen LogP contribution < -0.4 is 10.6 Å². The first kappa shape index (κ1) is 15.7. The van der Waals surface area contributed by atoms with E-state index in [9.17, 15) is 0 Å². The topological polar surface area (TPSA) is 61.8 Å². The van der Waals surface area contributed by atoms with Gasteiger partial charge in [0.05, 0.1) is 0 Å². The Morgan fingerprint density at radius 2 is 1.90 bits per heavy atom. The Labute approximate surface area is 127 Å². The molecule has 0 aromatic heterocycles.